The highest BCUT2D eigenvalue weighted by Gasteiger charge is 2.49. The average molecular weight is 167 g/mol. The molecule has 2 fully saturated rings. The standard InChI is InChI=1S/C11H21N/c1-9-7-10-5-4-6-11(10,8-9)12(2)3/h9-10H,4-8H2,1-3H3. The molecule has 2 rings (SSSR count). The Morgan fingerprint density at radius 3 is 2.67 bits per heavy atom. The summed E-state index contributed by atoms with van der Waals surface area (Å²) in [5.74, 6) is 1.99. The maximum absolute atomic E-state index is 2.51. The lowest BCUT2D eigenvalue weighted by molar-refractivity contribution is 0.126. The molecule has 3 unspecified atom stereocenters. The van der Waals surface area contributed by atoms with Gasteiger partial charge in [0, 0.05) is 5.54 Å². The molecule has 0 aromatic heterocycles. The molecule has 12 heavy (non-hydrogen) atoms. The van der Waals surface area contributed by atoms with Crippen LogP contribution in [0.4, 0.5) is 0 Å². The minimum atomic E-state index is 0.611. The van der Waals surface area contributed by atoms with E-state index >= 15 is 0 Å². The lowest BCUT2D eigenvalue weighted by atomic mass is 9.89. The molecular weight excluding hydrogens is 146 g/mol. The summed E-state index contributed by atoms with van der Waals surface area (Å²) >= 11 is 0. The number of hydrogen-bond acceptors (Lipinski definition) is 1. The van der Waals surface area contributed by atoms with Crippen LogP contribution in [-0.2, 0) is 0 Å². The molecule has 2 aliphatic carbocycles. The third-order valence-electron chi connectivity index (χ3n) is 4.20. The van der Waals surface area contributed by atoms with Crippen LogP contribution in [0.2, 0.25) is 0 Å². The Bertz CT molecular complexity index is 176. The van der Waals surface area contributed by atoms with Gasteiger partial charge in [-0.3, -0.25) is 0 Å². The van der Waals surface area contributed by atoms with Crippen molar-refractivity contribution < 1.29 is 0 Å². The second-order valence-electron chi connectivity index (χ2n) is 5.13. The van der Waals surface area contributed by atoms with E-state index in [1.54, 1.807) is 0 Å². The van der Waals surface area contributed by atoms with Gasteiger partial charge in [-0.2, -0.15) is 0 Å². The van der Waals surface area contributed by atoms with E-state index in [1.807, 2.05) is 0 Å². The number of rotatable bonds is 1. The highest BCUT2D eigenvalue weighted by atomic mass is 15.2. The van der Waals surface area contributed by atoms with E-state index in [0.29, 0.717) is 5.54 Å². The number of hydrogen-bond donors (Lipinski definition) is 0. The summed E-state index contributed by atoms with van der Waals surface area (Å²) in [6, 6.07) is 0. The highest BCUT2D eigenvalue weighted by Crippen LogP contribution is 2.52. The first-order chi connectivity index (χ1) is 5.65. The van der Waals surface area contributed by atoms with Crippen LogP contribution in [0.3, 0.4) is 0 Å². The van der Waals surface area contributed by atoms with E-state index in [0.717, 1.165) is 11.8 Å². The largest absolute Gasteiger partial charge is 0.303 e. The summed E-state index contributed by atoms with van der Waals surface area (Å²) in [6.07, 6.45) is 7.34. The Morgan fingerprint density at radius 2 is 2.08 bits per heavy atom. The van der Waals surface area contributed by atoms with Crippen LogP contribution in [0.15, 0.2) is 0 Å². The second-order valence-corrected chi connectivity index (χ2v) is 5.13. The molecule has 2 saturated carbocycles. The SMILES string of the molecule is CC1CC2CCCC2(N(C)C)C1. The zero-order chi connectivity index (χ0) is 8.77. The zero-order valence-electron chi connectivity index (χ0n) is 8.64. The van der Waals surface area contributed by atoms with Gasteiger partial charge in [-0.25, -0.2) is 0 Å². The molecule has 2 aliphatic rings. The molecule has 0 bridgehead atoms. The topological polar surface area (TPSA) is 3.24 Å². The third-order valence-corrected chi connectivity index (χ3v) is 4.20. The average Bonchev–Trinajstić information content (AvgIpc) is 2.42. The third kappa shape index (κ3) is 1.02. The quantitative estimate of drug-likeness (QED) is 0.580. The lowest BCUT2D eigenvalue weighted by Gasteiger charge is -2.37. The summed E-state index contributed by atoms with van der Waals surface area (Å²) in [5, 5.41) is 0. The molecule has 0 aromatic carbocycles. The highest BCUT2D eigenvalue weighted by molar-refractivity contribution is 5.04. The smallest absolute Gasteiger partial charge is 0.0234 e. The van der Waals surface area contributed by atoms with Gasteiger partial charge in [-0.1, -0.05) is 13.3 Å². The monoisotopic (exact) mass is 167 g/mol. The Labute approximate surface area is 76.1 Å². The van der Waals surface area contributed by atoms with Crippen molar-refractivity contribution in [3.63, 3.8) is 0 Å². The van der Waals surface area contributed by atoms with Crippen LogP contribution in [0.25, 0.3) is 0 Å². The first-order valence-electron chi connectivity index (χ1n) is 5.32. The molecule has 0 radical (unpaired) electrons. The minimum Gasteiger partial charge on any atom is -0.303 e. The fourth-order valence-electron chi connectivity index (χ4n) is 3.68. The van der Waals surface area contributed by atoms with Crippen molar-refractivity contribution in [1.82, 2.24) is 4.90 Å². The summed E-state index contributed by atoms with van der Waals surface area (Å²) in [6.45, 7) is 2.42. The predicted molar refractivity (Wildman–Crippen MR) is 52.2 cm³/mol. The van der Waals surface area contributed by atoms with Gasteiger partial charge in [-0.05, 0) is 51.6 Å². The van der Waals surface area contributed by atoms with Crippen molar-refractivity contribution in [3.8, 4) is 0 Å². The van der Waals surface area contributed by atoms with Gasteiger partial charge in [0.15, 0.2) is 0 Å². The molecule has 0 N–H and O–H groups in total. The van der Waals surface area contributed by atoms with Crippen LogP contribution < -0.4 is 0 Å². The number of fused-ring (bicyclic) bond motifs is 1. The van der Waals surface area contributed by atoms with Crippen molar-refractivity contribution in [2.24, 2.45) is 11.8 Å². The van der Waals surface area contributed by atoms with E-state index in [1.165, 1.54) is 32.1 Å². The Hall–Kier alpha value is -0.0400. The van der Waals surface area contributed by atoms with Gasteiger partial charge in [-0.15, -0.1) is 0 Å². The summed E-state index contributed by atoms with van der Waals surface area (Å²) in [7, 11) is 4.55. The van der Waals surface area contributed by atoms with Crippen molar-refractivity contribution in [2.75, 3.05) is 14.1 Å². The Kier molecular flexibility index (Phi) is 1.95. The first-order valence-corrected chi connectivity index (χ1v) is 5.32. The van der Waals surface area contributed by atoms with Crippen LogP contribution in [-0.4, -0.2) is 24.5 Å². The van der Waals surface area contributed by atoms with E-state index in [9.17, 15) is 0 Å². The molecule has 0 saturated heterocycles. The summed E-state index contributed by atoms with van der Waals surface area (Å²) in [4.78, 5) is 2.51. The molecule has 0 heterocycles. The molecular formula is C11H21N. The van der Waals surface area contributed by atoms with Crippen LogP contribution in [0.5, 0.6) is 0 Å². The molecule has 1 heteroatoms. The molecule has 0 aromatic rings. The van der Waals surface area contributed by atoms with Gasteiger partial charge in [0.2, 0.25) is 0 Å². The van der Waals surface area contributed by atoms with Crippen LogP contribution in [0, 0.1) is 11.8 Å². The van der Waals surface area contributed by atoms with Crippen molar-refractivity contribution in [1.29, 1.82) is 0 Å². The summed E-state index contributed by atoms with van der Waals surface area (Å²) < 4.78 is 0. The molecule has 0 spiro atoms. The molecule has 70 valence electrons. The molecule has 0 aliphatic heterocycles. The normalized spacial score (nSPS) is 47.0. The van der Waals surface area contributed by atoms with E-state index in [4.69, 9.17) is 0 Å². The Balaban J connectivity index is 2.20. The second kappa shape index (κ2) is 2.73. The maximum atomic E-state index is 2.51. The fourth-order valence-corrected chi connectivity index (χ4v) is 3.68. The van der Waals surface area contributed by atoms with Gasteiger partial charge in [0.05, 0.1) is 0 Å². The molecule has 0 amide bonds. The summed E-state index contributed by atoms with van der Waals surface area (Å²) in [5.41, 5.74) is 0.611. The lowest BCUT2D eigenvalue weighted by Crippen LogP contribution is -2.44. The van der Waals surface area contributed by atoms with Gasteiger partial charge >= 0.3 is 0 Å². The van der Waals surface area contributed by atoms with Crippen LogP contribution >= 0.6 is 0 Å². The molecule has 3 atom stereocenters. The fraction of sp³-hybridized carbons (Fsp3) is 1.00. The van der Waals surface area contributed by atoms with Crippen molar-refractivity contribution in [3.05, 3.63) is 0 Å². The minimum absolute atomic E-state index is 0.611. The zero-order valence-corrected chi connectivity index (χ0v) is 8.64. The van der Waals surface area contributed by atoms with Crippen molar-refractivity contribution >= 4 is 0 Å². The van der Waals surface area contributed by atoms with E-state index in [2.05, 4.69) is 25.9 Å². The van der Waals surface area contributed by atoms with Crippen molar-refractivity contribution in [2.45, 2.75) is 44.6 Å². The maximum Gasteiger partial charge on any atom is 0.0234 e. The van der Waals surface area contributed by atoms with Crippen LogP contribution in [0.1, 0.15) is 39.0 Å². The molecule has 1 nitrogen and oxygen atoms in total. The van der Waals surface area contributed by atoms with Gasteiger partial charge in [0.25, 0.3) is 0 Å². The number of nitrogens with zero attached hydrogens (tertiary/aromatic N) is 1. The first kappa shape index (κ1) is 8.55. The van der Waals surface area contributed by atoms with Gasteiger partial charge in [0.1, 0.15) is 0 Å². The van der Waals surface area contributed by atoms with Gasteiger partial charge < -0.3 is 4.90 Å². The predicted octanol–water partition coefficient (Wildman–Crippen LogP) is 2.52. The van der Waals surface area contributed by atoms with E-state index < -0.39 is 0 Å². The Morgan fingerprint density at radius 1 is 1.33 bits per heavy atom. The van der Waals surface area contributed by atoms with E-state index in [-0.39, 0.29) is 0 Å².